The van der Waals surface area contributed by atoms with Crippen molar-refractivity contribution in [1.29, 1.82) is 0 Å². The fraction of sp³-hybridized carbons (Fsp3) is 0.471. The van der Waals surface area contributed by atoms with Crippen LogP contribution in [0.3, 0.4) is 0 Å². The summed E-state index contributed by atoms with van der Waals surface area (Å²) in [6, 6.07) is 7.37. The first-order valence-corrected chi connectivity index (χ1v) is 8.29. The minimum Gasteiger partial charge on any atom is -0.301 e. The van der Waals surface area contributed by atoms with E-state index >= 15 is 0 Å². The lowest BCUT2D eigenvalue weighted by atomic mass is 9.93. The maximum atomic E-state index is 13.5. The average Bonchev–Trinajstić information content (AvgIpc) is 3.08. The Labute approximate surface area is 129 Å². The Morgan fingerprint density at radius 2 is 2.10 bits per heavy atom. The second-order valence-electron chi connectivity index (χ2n) is 6.75. The first-order chi connectivity index (χ1) is 9.93. The van der Waals surface area contributed by atoms with Crippen LogP contribution < -0.4 is 5.32 Å². The lowest BCUT2D eigenvalue weighted by Crippen LogP contribution is -2.25. The molecule has 2 aromatic rings. The molecule has 1 aromatic heterocycles. The fourth-order valence-electron chi connectivity index (χ4n) is 2.25. The lowest BCUT2D eigenvalue weighted by molar-refractivity contribution is 0.555. The van der Waals surface area contributed by atoms with Gasteiger partial charge in [-0.1, -0.05) is 32.9 Å². The highest BCUT2D eigenvalue weighted by molar-refractivity contribution is 7.09. The van der Waals surface area contributed by atoms with Gasteiger partial charge in [-0.25, -0.2) is 9.37 Å². The van der Waals surface area contributed by atoms with Gasteiger partial charge in [0.15, 0.2) is 0 Å². The van der Waals surface area contributed by atoms with Crippen LogP contribution in [-0.2, 0) is 5.41 Å². The van der Waals surface area contributed by atoms with E-state index in [0.717, 1.165) is 16.3 Å². The molecular weight excluding hydrogens is 283 g/mol. The van der Waals surface area contributed by atoms with Crippen LogP contribution >= 0.6 is 11.3 Å². The number of nitrogens with zero attached hydrogens (tertiary/aromatic N) is 1. The first kappa shape index (κ1) is 14.7. The number of aromatic nitrogens is 1. The monoisotopic (exact) mass is 304 g/mol. The summed E-state index contributed by atoms with van der Waals surface area (Å²) >= 11 is 1.66. The summed E-state index contributed by atoms with van der Waals surface area (Å²) in [5.74, 6) is -0.192. The number of thiazole rings is 1. The molecule has 0 bridgehead atoms. The molecule has 21 heavy (non-hydrogen) atoms. The minimum absolute atomic E-state index is 0.00528. The van der Waals surface area contributed by atoms with Crippen LogP contribution in [-0.4, -0.2) is 11.0 Å². The van der Waals surface area contributed by atoms with Gasteiger partial charge >= 0.3 is 0 Å². The van der Waals surface area contributed by atoms with Crippen LogP contribution in [0.2, 0.25) is 0 Å². The molecule has 0 radical (unpaired) electrons. The van der Waals surface area contributed by atoms with Gasteiger partial charge in [-0.2, -0.15) is 0 Å². The summed E-state index contributed by atoms with van der Waals surface area (Å²) < 4.78 is 13.5. The topological polar surface area (TPSA) is 24.9 Å². The van der Waals surface area contributed by atoms with Crippen molar-refractivity contribution < 1.29 is 4.39 Å². The van der Waals surface area contributed by atoms with Gasteiger partial charge < -0.3 is 5.32 Å². The summed E-state index contributed by atoms with van der Waals surface area (Å²) in [7, 11) is 0. The van der Waals surface area contributed by atoms with Crippen LogP contribution in [0.15, 0.2) is 29.6 Å². The zero-order chi connectivity index (χ0) is 15.0. The number of hydrogen-bond acceptors (Lipinski definition) is 3. The molecule has 1 fully saturated rings. The fourth-order valence-corrected chi connectivity index (χ4v) is 3.38. The highest BCUT2D eigenvalue weighted by Gasteiger charge is 2.29. The van der Waals surface area contributed by atoms with Crippen LogP contribution in [0.1, 0.15) is 55.9 Å². The lowest BCUT2D eigenvalue weighted by Gasteiger charge is -2.18. The van der Waals surface area contributed by atoms with Gasteiger partial charge in [-0.3, -0.25) is 0 Å². The van der Waals surface area contributed by atoms with Crippen LogP contribution in [0.5, 0.6) is 0 Å². The Bertz CT molecular complexity index is 626. The van der Waals surface area contributed by atoms with Gasteiger partial charge in [0.1, 0.15) is 10.8 Å². The molecule has 1 saturated carbocycles. The molecule has 0 aliphatic heterocycles. The molecule has 1 aliphatic rings. The molecule has 1 N–H and O–H groups in total. The van der Waals surface area contributed by atoms with Crippen molar-refractivity contribution in [3.63, 3.8) is 0 Å². The SMILES string of the molecule is CC(C)(C)c1csc(C(NC2CC2)c2cccc(F)c2)n1. The molecule has 1 aliphatic carbocycles. The summed E-state index contributed by atoms with van der Waals surface area (Å²) in [5.41, 5.74) is 2.10. The average molecular weight is 304 g/mol. The highest BCUT2D eigenvalue weighted by atomic mass is 32.1. The van der Waals surface area contributed by atoms with E-state index in [1.807, 2.05) is 6.07 Å². The minimum atomic E-state index is -0.192. The number of hydrogen-bond donors (Lipinski definition) is 1. The van der Waals surface area contributed by atoms with E-state index < -0.39 is 0 Å². The Morgan fingerprint density at radius 3 is 2.67 bits per heavy atom. The summed E-state index contributed by atoms with van der Waals surface area (Å²) in [4.78, 5) is 4.80. The van der Waals surface area contributed by atoms with E-state index in [9.17, 15) is 4.39 Å². The third-order valence-corrected chi connectivity index (χ3v) is 4.61. The van der Waals surface area contributed by atoms with E-state index in [2.05, 4.69) is 31.5 Å². The van der Waals surface area contributed by atoms with Gasteiger partial charge in [0.05, 0.1) is 11.7 Å². The predicted molar refractivity (Wildman–Crippen MR) is 85.2 cm³/mol. The van der Waals surface area contributed by atoms with Gasteiger partial charge in [-0.15, -0.1) is 11.3 Å². The van der Waals surface area contributed by atoms with Crippen molar-refractivity contribution in [3.8, 4) is 0 Å². The molecular formula is C17H21FN2S. The maximum Gasteiger partial charge on any atom is 0.123 e. The Kier molecular flexibility index (Phi) is 3.84. The van der Waals surface area contributed by atoms with E-state index in [1.54, 1.807) is 23.5 Å². The standard InChI is InChI=1S/C17H21FN2S/c1-17(2,3)14-10-21-16(20-14)15(19-13-7-8-13)11-5-4-6-12(18)9-11/h4-6,9-10,13,15,19H,7-8H2,1-3H3. The molecule has 2 nitrogen and oxygen atoms in total. The zero-order valence-electron chi connectivity index (χ0n) is 12.7. The third kappa shape index (κ3) is 3.50. The van der Waals surface area contributed by atoms with Crippen LogP contribution in [0.25, 0.3) is 0 Å². The van der Waals surface area contributed by atoms with Gasteiger partial charge in [-0.05, 0) is 30.5 Å². The Hall–Kier alpha value is -1.26. The van der Waals surface area contributed by atoms with Gasteiger partial charge in [0.2, 0.25) is 0 Å². The smallest absolute Gasteiger partial charge is 0.123 e. The van der Waals surface area contributed by atoms with E-state index in [4.69, 9.17) is 4.98 Å². The molecule has 0 saturated heterocycles. The first-order valence-electron chi connectivity index (χ1n) is 7.41. The molecule has 1 aromatic carbocycles. The predicted octanol–water partition coefficient (Wildman–Crippen LogP) is 4.42. The van der Waals surface area contributed by atoms with Crippen molar-refractivity contribution in [2.24, 2.45) is 0 Å². The maximum absolute atomic E-state index is 13.5. The molecule has 3 rings (SSSR count). The molecule has 1 unspecified atom stereocenters. The van der Waals surface area contributed by atoms with E-state index in [1.165, 1.54) is 18.9 Å². The molecule has 1 atom stereocenters. The molecule has 4 heteroatoms. The summed E-state index contributed by atoms with van der Waals surface area (Å²) in [6.07, 6.45) is 2.40. The Morgan fingerprint density at radius 1 is 1.33 bits per heavy atom. The second kappa shape index (κ2) is 5.50. The normalized spacial score (nSPS) is 17.0. The number of halogens is 1. The Balaban J connectivity index is 1.93. The molecule has 112 valence electrons. The highest BCUT2D eigenvalue weighted by Crippen LogP contribution is 2.33. The number of benzene rings is 1. The van der Waals surface area contributed by atoms with Crippen molar-refractivity contribution in [3.05, 3.63) is 51.7 Å². The third-order valence-electron chi connectivity index (χ3n) is 3.70. The number of nitrogens with one attached hydrogen (secondary N) is 1. The van der Waals surface area contributed by atoms with Gasteiger partial charge in [0, 0.05) is 16.8 Å². The molecule has 0 amide bonds. The van der Waals surface area contributed by atoms with Crippen LogP contribution in [0, 0.1) is 5.82 Å². The van der Waals surface area contributed by atoms with Gasteiger partial charge in [0.25, 0.3) is 0 Å². The van der Waals surface area contributed by atoms with Crippen molar-refractivity contribution in [2.45, 2.75) is 51.1 Å². The summed E-state index contributed by atoms with van der Waals surface area (Å²) in [6.45, 7) is 6.49. The van der Waals surface area contributed by atoms with Crippen LogP contribution in [0.4, 0.5) is 4.39 Å². The second-order valence-corrected chi connectivity index (χ2v) is 7.64. The molecule has 0 spiro atoms. The van der Waals surface area contributed by atoms with Crippen molar-refractivity contribution in [2.75, 3.05) is 0 Å². The van der Waals surface area contributed by atoms with Crippen molar-refractivity contribution in [1.82, 2.24) is 10.3 Å². The van der Waals surface area contributed by atoms with E-state index in [-0.39, 0.29) is 17.3 Å². The zero-order valence-corrected chi connectivity index (χ0v) is 13.5. The number of rotatable bonds is 4. The van der Waals surface area contributed by atoms with Crippen molar-refractivity contribution >= 4 is 11.3 Å². The molecule has 1 heterocycles. The van der Waals surface area contributed by atoms with E-state index in [0.29, 0.717) is 6.04 Å². The quantitative estimate of drug-likeness (QED) is 0.904. The summed E-state index contributed by atoms with van der Waals surface area (Å²) in [5, 5.41) is 6.74. The largest absolute Gasteiger partial charge is 0.301 e.